The maximum absolute atomic E-state index is 6.21. The third kappa shape index (κ3) is 3.38. The van der Waals surface area contributed by atoms with E-state index in [2.05, 4.69) is 73.1 Å². The lowest BCUT2D eigenvalue weighted by atomic mass is 9.81. The van der Waals surface area contributed by atoms with Gasteiger partial charge in [0, 0.05) is 13.1 Å². The molecule has 0 saturated carbocycles. The Morgan fingerprint density at radius 3 is 2.52 bits per heavy atom. The standard InChI is InChI=1S/C17H28N4/c1-14(2)12-17(15-8-6-5-7-9-15)13-19-16(18)21(17)11-10-20(3)4/h5-9,14H,10-13H2,1-4H3,(H2,18,19). The molecule has 1 aromatic rings. The third-order valence-electron chi connectivity index (χ3n) is 4.12. The van der Waals surface area contributed by atoms with Gasteiger partial charge in [0.1, 0.15) is 0 Å². The highest BCUT2D eigenvalue weighted by atomic mass is 15.4. The van der Waals surface area contributed by atoms with E-state index in [9.17, 15) is 0 Å². The topological polar surface area (TPSA) is 44.9 Å². The molecule has 4 heteroatoms. The Labute approximate surface area is 128 Å². The summed E-state index contributed by atoms with van der Waals surface area (Å²) in [6, 6.07) is 10.7. The lowest BCUT2D eigenvalue weighted by Crippen LogP contribution is -2.52. The Kier molecular flexibility index (Phi) is 4.88. The second-order valence-electron chi connectivity index (χ2n) is 6.62. The molecule has 1 aliphatic rings. The van der Waals surface area contributed by atoms with E-state index >= 15 is 0 Å². The van der Waals surface area contributed by atoms with Crippen LogP contribution in [0.5, 0.6) is 0 Å². The van der Waals surface area contributed by atoms with Crippen molar-refractivity contribution in [1.29, 1.82) is 0 Å². The van der Waals surface area contributed by atoms with Gasteiger partial charge in [-0.3, -0.25) is 4.99 Å². The molecule has 4 nitrogen and oxygen atoms in total. The number of hydrogen-bond donors (Lipinski definition) is 1. The van der Waals surface area contributed by atoms with Gasteiger partial charge in [0.15, 0.2) is 5.96 Å². The van der Waals surface area contributed by atoms with Crippen LogP contribution in [0, 0.1) is 5.92 Å². The highest BCUT2D eigenvalue weighted by Gasteiger charge is 2.43. The van der Waals surface area contributed by atoms with E-state index in [-0.39, 0.29) is 5.54 Å². The van der Waals surface area contributed by atoms with Gasteiger partial charge in [-0.05, 0) is 32.0 Å². The van der Waals surface area contributed by atoms with Gasteiger partial charge in [0.25, 0.3) is 0 Å². The minimum absolute atomic E-state index is 0.0878. The van der Waals surface area contributed by atoms with Gasteiger partial charge in [-0.25, -0.2) is 0 Å². The number of guanidine groups is 1. The van der Waals surface area contributed by atoms with Crippen LogP contribution in [0.25, 0.3) is 0 Å². The molecule has 2 rings (SSSR count). The Bertz CT molecular complexity index is 481. The summed E-state index contributed by atoms with van der Waals surface area (Å²) < 4.78 is 0. The molecule has 1 aromatic carbocycles. The first-order chi connectivity index (χ1) is 9.95. The van der Waals surface area contributed by atoms with E-state index in [1.54, 1.807) is 0 Å². The molecule has 1 heterocycles. The summed E-state index contributed by atoms with van der Waals surface area (Å²) in [6.07, 6.45) is 1.06. The third-order valence-corrected chi connectivity index (χ3v) is 4.12. The second-order valence-corrected chi connectivity index (χ2v) is 6.62. The fraction of sp³-hybridized carbons (Fsp3) is 0.588. The first-order valence-corrected chi connectivity index (χ1v) is 7.73. The number of nitrogens with zero attached hydrogens (tertiary/aromatic N) is 3. The minimum Gasteiger partial charge on any atom is -0.370 e. The molecule has 21 heavy (non-hydrogen) atoms. The van der Waals surface area contributed by atoms with Crippen LogP contribution in [0.3, 0.4) is 0 Å². The van der Waals surface area contributed by atoms with Crippen LogP contribution < -0.4 is 5.73 Å². The van der Waals surface area contributed by atoms with E-state index < -0.39 is 0 Å². The summed E-state index contributed by atoms with van der Waals surface area (Å²) in [5, 5.41) is 0. The molecule has 1 unspecified atom stereocenters. The SMILES string of the molecule is CC(C)CC1(c2ccccc2)CN=C(N)N1CCN(C)C. The number of rotatable bonds is 6. The average molecular weight is 288 g/mol. The van der Waals surface area contributed by atoms with Crippen LogP contribution >= 0.6 is 0 Å². The lowest BCUT2D eigenvalue weighted by molar-refractivity contribution is 0.154. The van der Waals surface area contributed by atoms with Gasteiger partial charge in [-0.1, -0.05) is 44.2 Å². The van der Waals surface area contributed by atoms with Crippen molar-refractivity contribution in [2.75, 3.05) is 33.7 Å². The molecule has 0 saturated heterocycles. The Morgan fingerprint density at radius 1 is 1.29 bits per heavy atom. The summed E-state index contributed by atoms with van der Waals surface area (Å²) in [5.74, 6) is 1.27. The number of likely N-dealkylation sites (N-methyl/N-ethyl adjacent to an activating group) is 1. The molecule has 1 atom stereocenters. The molecule has 0 aromatic heterocycles. The Morgan fingerprint density at radius 2 is 1.95 bits per heavy atom. The maximum Gasteiger partial charge on any atom is 0.192 e. The molecule has 0 radical (unpaired) electrons. The predicted molar refractivity (Wildman–Crippen MR) is 89.3 cm³/mol. The molecule has 0 amide bonds. The first kappa shape index (κ1) is 15.8. The monoisotopic (exact) mass is 288 g/mol. The van der Waals surface area contributed by atoms with Crippen LogP contribution in [-0.2, 0) is 5.54 Å². The van der Waals surface area contributed by atoms with Gasteiger partial charge < -0.3 is 15.5 Å². The predicted octanol–water partition coefficient (Wildman–Crippen LogP) is 2.12. The Balaban J connectivity index is 2.34. The zero-order valence-electron chi connectivity index (χ0n) is 13.7. The molecular formula is C17H28N4. The van der Waals surface area contributed by atoms with Crippen molar-refractivity contribution in [3.8, 4) is 0 Å². The largest absolute Gasteiger partial charge is 0.370 e. The maximum atomic E-state index is 6.21. The fourth-order valence-electron chi connectivity index (χ4n) is 3.19. The van der Waals surface area contributed by atoms with Crippen molar-refractivity contribution in [1.82, 2.24) is 9.80 Å². The van der Waals surface area contributed by atoms with Gasteiger partial charge in [-0.2, -0.15) is 0 Å². The highest BCUT2D eigenvalue weighted by Crippen LogP contribution is 2.38. The van der Waals surface area contributed by atoms with Crippen LogP contribution in [0.4, 0.5) is 0 Å². The minimum atomic E-state index is -0.0878. The number of nitrogens with two attached hydrogens (primary N) is 1. The Hall–Kier alpha value is -1.55. The molecule has 0 aliphatic carbocycles. The first-order valence-electron chi connectivity index (χ1n) is 7.73. The summed E-state index contributed by atoms with van der Waals surface area (Å²) in [7, 11) is 4.19. The normalized spacial score (nSPS) is 22.2. The van der Waals surface area contributed by atoms with Crippen LogP contribution in [-0.4, -0.2) is 49.5 Å². The molecule has 0 fully saturated rings. The number of aliphatic imine (C=N–C) groups is 1. The lowest BCUT2D eigenvalue weighted by Gasteiger charge is -2.41. The average Bonchev–Trinajstić information content (AvgIpc) is 2.74. The van der Waals surface area contributed by atoms with Crippen molar-refractivity contribution in [2.45, 2.75) is 25.8 Å². The summed E-state index contributed by atoms with van der Waals surface area (Å²) in [6.45, 7) is 7.17. The molecule has 2 N–H and O–H groups in total. The number of hydrogen-bond acceptors (Lipinski definition) is 4. The summed E-state index contributed by atoms with van der Waals surface area (Å²) in [4.78, 5) is 9.08. The van der Waals surface area contributed by atoms with Gasteiger partial charge >= 0.3 is 0 Å². The molecule has 0 spiro atoms. The zero-order chi connectivity index (χ0) is 15.5. The zero-order valence-corrected chi connectivity index (χ0v) is 13.7. The summed E-state index contributed by atoms with van der Waals surface area (Å²) >= 11 is 0. The fourth-order valence-corrected chi connectivity index (χ4v) is 3.19. The van der Waals surface area contributed by atoms with E-state index in [4.69, 9.17) is 5.73 Å². The van der Waals surface area contributed by atoms with Crippen molar-refractivity contribution < 1.29 is 0 Å². The van der Waals surface area contributed by atoms with E-state index in [1.807, 2.05) is 0 Å². The van der Waals surface area contributed by atoms with Gasteiger partial charge in [0.2, 0.25) is 0 Å². The molecule has 0 bridgehead atoms. The van der Waals surface area contributed by atoms with E-state index in [0.29, 0.717) is 11.9 Å². The molecule has 116 valence electrons. The highest BCUT2D eigenvalue weighted by molar-refractivity contribution is 5.81. The van der Waals surface area contributed by atoms with E-state index in [1.165, 1.54) is 5.56 Å². The van der Waals surface area contributed by atoms with Crippen molar-refractivity contribution >= 4 is 5.96 Å². The summed E-state index contributed by atoms with van der Waals surface area (Å²) in [5.41, 5.74) is 7.44. The van der Waals surface area contributed by atoms with Crippen LogP contribution in [0.2, 0.25) is 0 Å². The van der Waals surface area contributed by atoms with Gasteiger partial charge in [0.05, 0.1) is 12.1 Å². The quantitative estimate of drug-likeness (QED) is 0.872. The van der Waals surface area contributed by atoms with Crippen molar-refractivity contribution in [2.24, 2.45) is 16.6 Å². The van der Waals surface area contributed by atoms with Crippen LogP contribution in [0.1, 0.15) is 25.8 Å². The molecule has 1 aliphatic heterocycles. The van der Waals surface area contributed by atoms with Gasteiger partial charge in [-0.15, -0.1) is 0 Å². The second kappa shape index (κ2) is 6.48. The van der Waals surface area contributed by atoms with Crippen molar-refractivity contribution in [3.63, 3.8) is 0 Å². The van der Waals surface area contributed by atoms with E-state index in [0.717, 1.165) is 26.1 Å². The number of benzene rings is 1. The van der Waals surface area contributed by atoms with Crippen molar-refractivity contribution in [3.05, 3.63) is 35.9 Å². The molecular weight excluding hydrogens is 260 g/mol. The smallest absolute Gasteiger partial charge is 0.192 e. The van der Waals surface area contributed by atoms with Crippen LogP contribution in [0.15, 0.2) is 35.3 Å².